The molecule has 3 fully saturated rings. The molecule has 8 nitrogen and oxygen atoms in total. The lowest BCUT2D eigenvalue weighted by Crippen LogP contribution is -2.56. The van der Waals surface area contributed by atoms with Crippen LogP contribution in [0.1, 0.15) is 36.0 Å². The quantitative estimate of drug-likeness (QED) is 0.288. The van der Waals surface area contributed by atoms with Gasteiger partial charge in [0.15, 0.2) is 11.5 Å². The standard InChI is InChI=1S/C30H36N4O4/c1-32-28(16-27(31-32)22-8-9-29(35-2)30(15-22)36-3)26-20-34-11-10-21(26)14-23(34)17-33(18-24-6-4-12-37-24)19-25-7-5-13-38-25/h4-9,12-13,15-16,21,23,26H,10-11,14,17-20H2,1-3H3/t21-,23+,26-/m0/s1. The molecular formula is C30H36N4O4. The highest BCUT2D eigenvalue weighted by atomic mass is 16.5. The van der Waals surface area contributed by atoms with Crippen molar-refractivity contribution in [3.8, 4) is 22.8 Å². The Labute approximate surface area is 223 Å². The first-order valence-corrected chi connectivity index (χ1v) is 13.4. The van der Waals surface area contributed by atoms with Crippen LogP contribution in [0.25, 0.3) is 11.3 Å². The Hall–Kier alpha value is -3.49. The Kier molecular flexibility index (Phi) is 7.00. The Balaban J connectivity index is 1.17. The first kappa shape index (κ1) is 24.8. The molecule has 0 N–H and O–H groups in total. The van der Waals surface area contributed by atoms with Crippen molar-refractivity contribution in [1.82, 2.24) is 19.6 Å². The minimum Gasteiger partial charge on any atom is -0.493 e. The van der Waals surface area contributed by atoms with E-state index in [1.807, 2.05) is 30.3 Å². The zero-order valence-corrected chi connectivity index (χ0v) is 22.4. The summed E-state index contributed by atoms with van der Waals surface area (Å²) in [7, 11) is 5.40. The third-order valence-electron chi connectivity index (χ3n) is 8.24. The maximum Gasteiger partial charge on any atom is 0.161 e. The molecule has 0 saturated carbocycles. The molecule has 0 aliphatic carbocycles. The third-order valence-corrected chi connectivity index (χ3v) is 8.24. The third kappa shape index (κ3) is 4.98. The molecule has 3 aliphatic rings. The average Bonchev–Trinajstić information content (AvgIpc) is 3.72. The van der Waals surface area contributed by atoms with Gasteiger partial charge in [-0.1, -0.05) is 0 Å². The van der Waals surface area contributed by atoms with Gasteiger partial charge in [-0.25, -0.2) is 0 Å². The lowest BCUT2D eigenvalue weighted by atomic mass is 9.74. The summed E-state index contributed by atoms with van der Waals surface area (Å²) in [4.78, 5) is 5.14. The molecule has 3 saturated heterocycles. The van der Waals surface area contributed by atoms with Crippen molar-refractivity contribution in [2.75, 3.05) is 33.9 Å². The minimum absolute atomic E-state index is 0.481. The molecule has 7 rings (SSSR count). The van der Waals surface area contributed by atoms with Crippen molar-refractivity contribution >= 4 is 0 Å². The second kappa shape index (κ2) is 10.7. The smallest absolute Gasteiger partial charge is 0.161 e. The molecule has 0 spiro atoms. The molecule has 3 aromatic heterocycles. The fourth-order valence-electron chi connectivity index (χ4n) is 6.36. The fraction of sp³-hybridized carbons (Fsp3) is 0.433. The van der Waals surface area contributed by atoms with Gasteiger partial charge in [-0.2, -0.15) is 5.10 Å². The number of piperidine rings is 3. The van der Waals surface area contributed by atoms with Crippen LogP contribution in [-0.4, -0.2) is 59.5 Å². The highest BCUT2D eigenvalue weighted by Gasteiger charge is 2.42. The summed E-state index contributed by atoms with van der Waals surface area (Å²) in [6, 6.07) is 16.8. The van der Waals surface area contributed by atoms with Crippen LogP contribution < -0.4 is 9.47 Å². The van der Waals surface area contributed by atoms with Crippen molar-refractivity contribution in [2.24, 2.45) is 13.0 Å². The normalized spacial score (nSPS) is 22.7. The molecule has 200 valence electrons. The predicted octanol–water partition coefficient (Wildman–Crippen LogP) is 5.17. The zero-order chi connectivity index (χ0) is 26.1. The van der Waals surface area contributed by atoms with Gasteiger partial charge in [-0.05, 0) is 73.8 Å². The van der Waals surface area contributed by atoms with Crippen LogP contribution >= 0.6 is 0 Å². The van der Waals surface area contributed by atoms with E-state index in [0.717, 1.165) is 67.0 Å². The molecule has 2 bridgehead atoms. The van der Waals surface area contributed by atoms with Crippen LogP contribution in [-0.2, 0) is 20.1 Å². The summed E-state index contributed by atoms with van der Waals surface area (Å²) in [5, 5.41) is 4.89. The number of ether oxygens (including phenoxy) is 2. The van der Waals surface area contributed by atoms with Gasteiger partial charge in [0.05, 0.1) is 45.5 Å². The number of methoxy groups -OCH3 is 2. The minimum atomic E-state index is 0.481. The summed E-state index contributed by atoms with van der Waals surface area (Å²) in [5.41, 5.74) is 3.32. The molecule has 1 unspecified atom stereocenters. The van der Waals surface area contributed by atoms with Crippen LogP contribution in [0, 0.1) is 5.92 Å². The molecule has 6 heterocycles. The number of furan rings is 2. The molecule has 4 aromatic rings. The van der Waals surface area contributed by atoms with Gasteiger partial charge in [0.2, 0.25) is 0 Å². The topological polar surface area (TPSA) is 69.0 Å². The van der Waals surface area contributed by atoms with Crippen LogP contribution in [0.4, 0.5) is 0 Å². The van der Waals surface area contributed by atoms with E-state index in [1.165, 1.54) is 18.5 Å². The van der Waals surface area contributed by atoms with Crippen molar-refractivity contribution in [2.45, 2.75) is 37.9 Å². The van der Waals surface area contributed by atoms with Crippen molar-refractivity contribution < 1.29 is 18.3 Å². The van der Waals surface area contributed by atoms with E-state index in [1.54, 1.807) is 26.7 Å². The largest absolute Gasteiger partial charge is 0.493 e. The Bertz CT molecular complexity index is 1290. The highest BCUT2D eigenvalue weighted by molar-refractivity contribution is 5.64. The summed E-state index contributed by atoms with van der Waals surface area (Å²) in [6.45, 7) is 4.77. The van der Waals surface area contributed by atoms with E-state index in [-0.39, 0.29) is 0 Å². The van der Waals surface area contributed by atoms with Crippen LogP contribution in [0.15, 0.2) is 69.9 Å². The average molecular weight is 517 g/mol. The van der Waals surface area contributed by atoms with Gasteiger partial charge in [0.25, 0.3) is 0 Å². The van der Waals surface area contributed by atoms with Crippen LogP contribution in [0.2, 0.25) is 0 Å². The van der Waals surface area contributed by atoms with Gasteiger partial charge in [0.1, 0.15) is 11.5 Å². The number of nitrogens with zero attached hydrogens (tertiary/aromatic N) is 4. The number of aryl methyl sites for hydroxylation is 1. The second-order valence-corrected chi connectivity index (χ2v) is 10.5. The van der Waals surface area contributed by atoms with Gasteiger partial charge in [0, 0.05) is 43.4 Å². The van der Waals surface area contributed by atoms with E-state index < -0.39 is 0 Å². The summed E-state index contributed by atoms with van der Waals surface area (Å²) in [6.07, 6.45) is 5.92. The Morgan fingerprint density at radius 2 is 1.71 bits per heavy atom. The Morgan fingerprint density at radius 1 is 0.974 bits per heavy atom. The molecule has 38 heavy (non-hydrogen) atoms. The lowest BCUT2D eigenvalue weighted by molar-refractivity contribution is 0.00571. The molecule has 1 aromatic carbocycles. The van der Waals surface area contributed by atoms with Gasteiger partial charge >= 0.3 is 0 Å². The first-order chi connectivity index (χ1) is 18.6. The SMILES string of the molecule is COc1ccc(-c2cc([C@H]3CN4CC[C@H]3C[C@@H]4CN(Cc3ccco3)Cc3ccco3)n(C)n2)cc1OC. The fourth-order valence-corrected chi connectivity index (χ4v) is 6.36. The molecule has 4 atom stereocenters. The highest BCUT2D eigenvalue weighted by Crippen LogP contribution is 2.43. The molecular weight excluding hydrogens is 480 g/mol. The number of aromatic nitrogens is 2. The number of hydrogen-bond acceptors (Lipinski definition) is 7. The maximum atomic E-state index is 5.68. The predicted molar refractivity (Wildman–Crippen MR) is 144 cm³/mol. The summed E-state index contributed by atoms with van der Waals surface area (Å²) >= 11 is 0. The molecule has 8 heteroatoms. The van der Waals surface area contributed by atoms with Gasteiger partial charge in [-0.15, -0.1) is 0 Å². The second-order valence-electron chi connectivity index (χ2n) is 10.5. The summed E-state index contributed by atoms with van der Waals surface area (Å²) in [5.74, 6) is 4.55. The van der Waals surface area contributed by atoms with E-state index >= 15 is 0 Å². The zero-order valence-electron chi connectivity index (χ0n) is 22.4. The maximum absolute atomic E-state index is 5.68. The van der Waals surface area contributed by atoms with Crippen LogP contribution in [0.5, 0.6) is 11.5 Å². The van der Waals surface area contributed by atoms with Crippen molar-refractivity contribution in [1.29, 1.82) is 0 Å². The number of hydrogen-bond donors (Lipinski definition) is 0. The molecule has 0 amide bonds. The van der Waals surface area contributed by atoms with E-state index in [4.69, 9.17) is 23.4 Å². The number of fused-ring (bicyclic) bond motifs is 3. The molecule has 3 aliphatic heterocycles. The van der Waals surface area contributed by atoms with E-state index in [0.29, 0.717) is 17.9 Å². The van der Waals surface area contributed by atoms with Crippen molar-refractivity contribution in [3.63, 3.8) is 0 Å². The summed E-state index contributed by atoms with van der Waals surface area (Å²) < 4.78 is 24.4. The van der Waals surface area contributed by atoms with Gasteiger partial charge in [-0.3, -0.25) is 14.5 Å². The number of rotatable bonds is 10. The van der Waals surface area contributed by atoms with E-state index in [9.17, 15) is 0 Å². The van der Waals surface area contributed by atoms with Crippen LogP contribution in [0.3, 0.4) is 0 Å². The van der Waals surface area contributed by atoms with Crippen molar-refractivity contribution in [3.05, 3.63) is 78.3 Å². The lowest BCUT2D eigenvalue weighted by Gasteiger charge is -2.50. The number of benzene rings is 1. The molecule has 0 radical (unpaired) electrons. The first-order valence-electron chi connectivity index (χ1n) is 13.4. The van der Waals surface area contributed by atoms with E-state index in [2.05, 4.69) is 39.7 Å². The monoisotopic (exact) mass is 516 g/mol. The van der Waals surface area contributed by atoms with Gasteiger partial charge < -0.3 is 18.3 Å². The Morgan fingerprint density at radius 3 is 2.32 bits per heavy atom.